The van der Waals surface area contributed by atoms with Crippen molar-refractivity contribution < 1.29 is 19.5 Å². The summed E-state index contributed by atoms with van der Waals surface area (Å²) >= 11 is 5.38. The summed E-state index contributed by atoms with van der Waals surface area (Å²) in [5, 5.41) is 9.90. The Morgan fingerprint density at radius 3 is 2.42 bits per heavy atom. The van der Waals surface area contributed by atoms with E-state index in [1.807, 2.05) is 20.8 Å². The van der Waals surface area contributed by atoms with Crippen LogP contribution in [0.25, 0.3) is 0 Å². The van der Waals surface area contributed by atoms with E-state index < -0.39 is 34.2 Å². The highest BCUT2D eigenvalue weighted by Crippen LogP contribution is 2.68. The second kappa shape index (κ2) is 9.38. The Morgan fingerprint density at radius 2 is 1.91 bits per heavy atom. The molecule has 7 atom stereocenters. The van der Waals surface area contributed by atoms with Gasteiger partial charge in [-0.3, -0.25) is 14.4 Å². The molecular formula is C24H36BrN3O4S. The highest BCUT2D eigenvalue weighted by molar-refractivity contribution is 9.09. The van der Waals surface area contributed by atoms with Gasteiger partial charge in [-0.25, -0.2) is 0 Å². The van der Waals surface area contributed by atoms with E-state index in [-0.39, 0.29) is 34.4 Å². The second-order valence-electron chi connectivity index (χ2n) is 10.4. The molecule has 3 unspecified atom stereocenters. The summed E-state index contributed by atoms with van der Waals surface area (Å²) in [6.07, 6.45) is 3.97. The number of aliphatic hydroxyl groups excluding tert-OH is 1. The number of likely N-dealkylation sites (tertiary alicyclic amines) is 1. The molecule has 3 saturated heterocycles. The van der Waals surface area contributed by atoms with Crippen LogP contribution in [0.1, 0.15) is 34.1 Å². The van der Waals surface area contributed by atoms with Gasteiger partial charge in [0.25, 0.3) is 0 Å². The van der Waals surface area contributed by atoms with Crippen molar-refractivity contribution in [3.63, 3.8) is 0 Å². The van der Waals surface area contributed by atoms with Crippen LogP contribution in [-0.4, -0.2) is 96.7 Å². The van der Waals surface area contributed by atoms with Crippen molar-refractivity contribution in [2.75, 3.05) is 26.7 Å². The number of fused-ring (bicyclic) bond motifs is 1. The number of alkyl halides is 1. The Balaban J connectivity index is 2.13. The van der Waals surface area contributed by atoms with Crippen LogP contribution in [0.4, 0.5) is 0 Å². The molecule has 9 heteroatoms. The van der Waals surface area contributed by atoms with E-state index in [4.69, 9.17) is 0 Å². The first-order chi connectivity index (χ1) is 15.4. The third-order valence-electron chi connectivity index (χ3n) is 7.15. The molecule has 33 heavy (non-hydrogen) atoms. The average Bonchev–Trinajstić information content (AvgIpc) is 3.33. The molecule has 0 radical (unpaired) electrons. The molecule has 0 aliphatic carbocycles. The van der Waals surface area contributed by atoms with Gasteiger partial charge in [-0.2, -0.15) is 0 Å². The summed E-state index contributed by atoms with van der Waals surface area (Å²) in [7, 11) is 1.72. The second-order valence-corrected chi connectivity index (χ2v) is 13.1. The van der Waals surface area contributed by atoms with E-state index in [1.165, 1.54) is 0 Å². The third kappa shape index (κ3) is 4.08. The van der Waals surface area contributed by atoms with Gasteiger partial charge in [0.15, 0.2) is 0 Å². The predicted octanol–water partition coefficient (Wildman–Crippen LogP) is 2.29. The fourth-order valence-corrected chi connectivity index (χ4v) is 9.29. The first-order valence-corrected chi connectivity index (χ1v) is 13.2. The van der Waals surface area contributed by atoms with Crippen molar-refractivity contribution in [2.24, 2.45) is 11.8 Å². The molecule has 3 rings (SSSR count). The molecule has 184 valence electrons. The molecule has 2 bridgehead atoms. The van der Waals surface area contributed by atoms with Crippen molar-refractivity contribution in [1.82, 2.24) is 14.7 Å². The molecule has 1 spiro atoms. The number of halogens is 1. The van der Waals surface area contributed by atoms with Gasteiger partial charge in [0.1, 0.15) is 6.04 Å². The van der Waals surface area contributed by atoms with E-state index >= 15 is 0 Å². The SMILES string of the molecule is C=CCN(C)C(=O)[C@H]1[C@H]2C(=O)N([C@H](C)CO)C(C(=O)N(CC=C)C(C)(C)C)C23CC(Br)[C@@H]1S3. The molecule has 0 aromatic rings. The molecule has 0 aromatic carbocycles. The van der Waals surface area contributed by atoms with Crippen molar-refractivity contribution in [3.8, 4) is 0 Å². The molecule has 3 aliphatic heterocycles. The number of aliphatic hydroxyl groups is 1. The fraction of sp³-hybridized carbons (Fsp3) is 0.708. The topological polar surface area (TPSA) is 81.2 Å². The highest BCUT2D eigenvalue weighted by Gasteiger charge is 2.76. The molecule has 0 saturated carbocycles. The molecule has 3 amide bonds. The Labute approximate surface area is 209 Å². The number of rotatable bonds is 8. The first kappa shape index (κ1) is 26.3. The number of carbonyl (C=O) groups is 3. The zero-order chi connectivity index (χ0) is 24.9. The average molecular weight is 543 g/mol. The van der Waals surface area contributed by atoms with Crippen LogP contribution in [0.2, 0.25) is 0 Å². The smallest absolute Gasteiger partial charge is 0.247 e. The number of nitrogens with zero attached hydrogens (tertiary/aromatic N) is 3. The zero-order valence-electron chi connectivity index (χ0n) is 20.2. The molecular weight excluding hydrogens is 506 g/mol. The van der Waals surface area contributed by atoms with Gasteiger partial charge in [0.2, 0.25) is 17.7 Å². The van der Waals surface area contributed by atoms with E-state index in [0.29, 0.717) is 19.5 Å². The van der Waals surface area contributed by atoms with Crippen LogP contribution in [0, 0.1) is 11.8 Å². The van der Waals surface area contributed by atoms with E-state index in [9.17, 15) is 19.5 Å². The normalized spacial score (nSPS) is 33.6. The lowest BCUT2D eigenvalue weighted by Gasteiger charge is -2.43. The van der Waals surface area contributed by atoms with Gasteiger partial charge in [-0.15, -0.1) is 24.9 Å². The van der Waals surface area contributed by atoms with E-state index in [1.54, 1.807) is 52.6 Å². The molecule has 7 nitrogen and oxygen atoms in total. The monoisotopic (exact) mass is 541 g/mol. The summed E-state index contributed by atoms with van der Waals surface area (Å²) in [5.74, 6) is -1.59. The van der Waals surface area contributed by atoms with Crippen LogP contribution >= 0.6 is 27.7 Å². The minimum absolute atomic E-state index is 0.0137. The summed E-state index contributed by atoms with van der Waals surface area (Å²) in [6, 6.07) is -1.29. The quantitative estimate of drug-likeness (QED) is 0.376. The summed E-state index contributed by atoms with van der Waals surface area (Å²) in [5.41, 5.74) is -0.481. The number of likely N-dealkylation sites (N-methyl/N-ethyl adjacent to an activating group) is 1. The Bertz CT molecular complexity index is 846. The third-order valence-corrected chi connectivity index (χ3v) is 10.4. The van der Waals surface area contributed by atoms with Crippen LogP contribution in [-0.2, 0) is 14.4 Å². The zero-order valence-corrected chi connectivity index (χ0v) is 22.6. The minimum Gasteiger partial charge on any atom is -0.394 e. The number of hydrogen-bond acceptors (Lipinski definition) is 5. The van der Waals surface area contributed by atoms with Crippen LogP contribution in [0.15, 0.2) is 25.3 Å². The molecule has 0 aromatic heterocycles. The lowest BCUT2D eigenvalue weighted by molar-refractivity contribution is -0.148. The lowest BCUT2D eigenvalue weighted by atomic mass is 9.70. The van der Waals surface area contributed by atoms with Gasteiger partial charge in [0.05, 0.1) is 29.2 Å². The predicted molar refractivity (Wildman–Crippen MR) is 135 cm³/mol. The van der Waals surface area contributed by atoms with Crippen molar-refractivity contribution in [1.29, 1.82) is 0 Å². The largest absolute Gasteiger partial charge is 0.394 e. The van der Waals surface area contributed by atoms with Gasteiger partial charge in [0, 0.05) is 35.8 Å². The number of carbonyl (C=O) groups excluding carboxylic acids is 3. The Morgan fingerprint density at radius 1 is 1.30 bits per heavy atom. The van der Waals surface area contributed by atoms with Crippen LogP contribution < -0.4 is 0 Å². The van der Waals surface area contributed by atoms with Crippen molar-refractivity contribution in [2.45, 2.75) is 66.6 Å². The number of amides is 3. The molecule has 1 N–H and O–H groups in total. The summed E-state index contributed by atoms with van der Waals surface area (Å²) in [6.45, 7) is 15.7. The van der Waals surface area contributed by atoms with Gasteiger partial charge < -0.3 is 19.8 Å². The maximum atomic E-state index is 14.2. The maximum absolute atomic E-state index is 14.2. The van der Waals surface area contributed by atoms with E-state index in [0.717, 1.165) is 0 Å². The van der Waals surface area contributed by atoms with Gasteiger partial charge in [-0.05, 0) is 34.1 Å². The molecule has 3 heterocycles. The van der Waals surface area contributed by atoms with Gasteiger partial charge in [-0.1, -0.05) is 28.1 Å². The highest BCUT2D eigenvalue weighted by atomic mass is 79.9. The molecule has 3 fully saturated rings. The minimum atomic E-state index is -0.756. The number of thioether (sulfide) groups is 1. The van der Waals surface area contributed by atoms with E-state index in [2.05, 4.69) is 29.1 Å². The Hall–Kier alpha value is -1.32. The standard InChI is InChI=1S/C24H36BrN3O4S/c1-8-10-26(7)20(30)16-17-21(31)28(14(3)13-29)19(24(17)12-15(25)18(16)33-24)22(32)27(11-9-2)23(4,5)6/h8-9,14-19,29H,1-2,10-13H2,3-7H3/t14-,15?,16+,17+,18+,19?,24?/m1/s1. The van der Waals surface area contributed by atoms with Crippen LogP contribution in [0.5, 0.6) is 0 Å². The first-order valence-electron chi connectivity index (χ1n) is 11.4. The lowest BCUT2D eigenvalue weighted by Crippen LogP contribution is -2.60. The fourth-order valence-electron chi connectivity index (χ4n) is 5.70. The molecule has 3 aliphatic rings. The van der Waals surface area contributed by atoms with Gasteiger partial charge >= 0.3 is 0 Å². The maximum Gasteiger partial charge on any atom is 0.247 e. The van der Waals surface area contributed by atoms with Crippen molar-refractivity contribution in [3.05, 3.63) is 25.3 Å². The summed E-state index contributed by atoms with van der Waals surface area (Å²) in [4.78, 5) is 46.5. The summed E-state index contributed by atoms with van der Waals surface area (Å²) < 4.78 is -0.726. The Kier molecular flexibility index (Phi) is 7.47. The number of hydrogen-bond donors (Lipinski definition) is 1. The van der Waals surface area contributed by atoms with Crippen LogP contribution in [0.3, 0.4) is 0 Å². The van der Waals surface area contributed by atoms with Crippen molar-refractivity contribution >= 4 is 45.4 Å².